The lowest BCUT2D eigenvalue weighted by molar-refractivity contribution is -0.168. The van der Waals surface area contributed by atoms with Crippen molar-refractivity contribution in [2.45, 2.75) is 46.8 Å². The second kappa shape index (κ2) is 7.94. The van der Waals surface area contributed by atoms with Crippen molar-refractivity contribution in [3.63, 3.8) is 0 Å². The molecule has 0 aromatic rings. The van der Waals surface area contributed by atoms with Crippen LogP contribution in [0.3, 0.4) is 0 Å². The fourth-order valence-corrected chi connectivity index (χ4v) is 1.09. The summed E-state index contributed by atoms with van der Waals surface area (Å²) >= 11 is 0. The van der Waals surface area contributed by atoms with Crippen molar-refractivity contribution in [2.24, 2.45) is 5.92 Å². The van der Waals surface area contributed by atoms with Crippen molar-refractivity contribution in [3.05, 3.63) is 0 Å². The van der Waals surface area contributed by atoms with Gasteiger partial charge in [-0.25, -0.2) is 0 Å². The average molecular weight is 202 g/mol. The molecule has 0 rings (SSSR count). The minimum atomic E-state index is -0.649. The summed E-state index contributed by atoms with van der Waals surface area (Å²) in [5.41, 5.74) is 0. The van der Waals surface area contributed by atoms with E-state index in [9.17, 15) is 4.79 Å². The van der Waals surface area contributed by atoms with Crippen LogP contribution in [0, 0.1) is 5.92 Å². The molecular formula is C11H22O3. The third kappa shape index (κ3) is 6.11. The summed E-state index contributed by atoms with van der Waals surface area (Å²) in [6, 6.07) is 0. The van der Waals surface area contributed by atoms with E-state index in [-0.39, 0.29) is 5.78 Å². The zero-order valence-corrected chi connectivity index (χ0v) is 9.71. The van der Waals surface area contributed by atoms with Crippen LogP contribution in [0.25, 0.3) is 0 Å². The van der Waals surface area contributed by atoms with Crippen LogP contribution in [0.1, 0.15) is 40.5 Å². The maximum atomic E-state index is 11.6. The Morgan fingerprint density at radius 1 is 1.14 bits per heavy atom. The molecule has 0 atom stereocenters. The topological polar surface area (TPSA) is 35.5 Å². The maximum absolute atomic E-state index is 11.6. The van der Waals surface area contributed by atoms with E-state index in [4.69, 9.17) is 9.47 Å². The molecule has 0 N–H and O–H groups in total. The zero-order chi connectivity index (χ0) is 11.0. The largest absolute Gasteiger partial charge is 0.346 e. The first-order valence-electron chi connectivity index (χ1n) is 5.37. The van der Waals surface area contributed by atoms with Gasteiger partial charge in [0.25, 0.3) is 0 Å². The van der Waals surface area contributed by atoms with Gasteiger partial charge in [-0.15, -0.1) is 0 Å². The summed E-state index contributed by atoms with van der Waals surface area (Å²) < 4.78 is 10.4. The van der Waals surface area contributed by atoms with Gasteiger partial charge in [-0.2, -0.15) is 0 Å². The Labute approximate surface area is 86.8 Å². The summed E-state index contributed by atoms with van der Waals surface area (Å²) in [6.07, 6.45) is 0.793. The van der Waals surface area contributed by atoms with Crippen molar-refractivity contribution in [2.75, 3.05) is 13.2 Å². The fraction of sp³-hybridized carbons (Fsp3) is 0.909. The van der Waals surface area contributed by atoms with Crippen LogP contribution in [0.5, 0.6) is 0 Å². The third-order valence-corrected chi connectivity index (χ3v) is 1.87. The minimum Gasteiger partial charge on any atom is -0.346 e. The Hall–Kier alpha value is -0.410. The summed E-state index contributed by atoms with van der Waals surface area (Å²) in [7, 11) is 0. The molecule has 0 aliphatic heterocycles. The lowest BCUT2D eigenvalue weighted by Crippen LogP contribution is -2.27. The Morgan fingerprint density at radius 2 is 1.64 bits per heavy atom. The molecule has 0 amide bonds. The Kier molecular flexibility index (Phi) is 7.71. The zero-order valence-electron chi connectivity index (χ0n) is 9.71. The van der Waals surface area contributed by atoms with Gasteiger partial charge in [0.2, 0.25) is 6.29 Å². The van der Waals surface area contributed by atoms with E-state index in [0.717, 1.165) is 6.42 Å². The number of Topliss-reactive ketones (excluding diaryl/α,β-unsaturated/α-hetero) is 1. The van der Waals surface area contributed by atoms with Crippen LogP contribution >= 0.6 is 0 Å². The molecule has 0 saturated carbocycles. The molecule has 0 aliphatic rings. The minimum absolute atomic E-state index is 0.0578. The first kappa shape index (κ1) is 13.6. The van der Waals surface area contributed by atoms with E-state index in [1.807, 2.05) is 13.8 Å². The molecule has 0 aromatic carbocycles. The summed E-state index contributed by atoms with van der Waals surface area (Å²) in [6.45, 7) is 8.95. The van der Waals surface area contributed by atoms with Gasteiger partial charge in [-0.05, 0) is 26.2 Å². The fourth-order valence-electron chi connectivity index (χ4n) is 1.09. The van der Waals surface area contributed by atoms with Gasteiger partial charge in [0.15, 0.2) is 5.78 Å². The van der Waals surface area contributed by atoms with E-state index >= 15 is 0 Å². The SMILES string of the molecule is CCOC(OCC)C(=O)CCC(C)C. The van der Waals surface area contributed by atoms with Gasteiger partial charge in [0, 0.05) is 19.6 Å². The summed E-state index contributed by atoms with van der Waals surface area (Å²) in [5, 5.41) is 0. The molecule has 14 heavy (non-hydrogen) atoms. The number of hydrogen-bond acceptors (Lipinski definition) is 3. The van der Waals surface area contributed by atoms with Crippen LogP contribution in [0.4, 0.5) is 0 Å². The van der Waals surface area contributed by atoms with Crippen LogP contribution < -0.4 is 0 Å². The number of hydrogen-bond donors (Lipinski definition) is 0. The highest BCUT2D eigenvalue weighted by Crippen LogP contribution is 2.08. The standard InChI is InChI=1S/C11H22O3/c1-5-13-11(14-6-2)10(12)8-7-9(3)4/h9,11H,5-8H2,1-4H3. The van der Waals surface area contributed by atoms with Crippen LogP contribution in [0.2, 0.25) is 0 Å². The summed E-state index contributed by atoms with van der Waals surface area (Å²) in [5.74, 6) is 0.602. The quantitative estimate of drug-likeness (QED) is 0.567. The van der Waals surface area contributed by atoms with Gasteiger partial charge in [-0.1, -0.05) is 13.8 Å². The third-order valence-electron chi connectivity index (χ3n) is 1.87. The van der Waals surface area contributed by atoms with Crippen LogP contribution in [-0.4, -0.2) is 25.3 Å². The van der Waals surface area contributed by atoms with Crippen molar-refractivity contribution in [3.8, 4) is 0 Å². The average Bonchev–Trinajstić information content (AvgIpc) is 2.14. The van der Waals surface area contributed by atoms with Crippen LogP contribution in [0.15, 0.2) is 0 Å². The van der Waals surface area contributed by atoms with E-state index in [0.29, 0.717) is 25.6 Å². The maximum Gasteiger partial charge on any atom is 0.217 e. The molecule has 0 unspecified atom stereocenters. The number of rotatable bonds is 8. The second-order valence-electron chi connectivity index (χ2n) is 3.64. The van der Waals surface area contributed by atoms with Crippen molar-refractivity contribution >= 4 is 5.78 Å². The van der Waals surface area contributed by atoms with Gasteiger partial charge in [0.05, 0.1) is 0 Å². The predicted molar refractivity (Wildman–Crippen MR) is 56.1 cm³/mol. The second-order valence-corrected chi connectivity index (χ2v) is 3.64. The molecule has 0 saturated heterocycles. The molecule has 0 aliphatic carbocycles. The molecule has 0 fully saturated rings. The summed E-state index contributed by atoms with van der Waals surface area (Å²) in [4.78, 5) is 11.6. The highest BCUT2D eigenvalue weighted by atomic mass is 16.7. The molecule has 0 heterocycles. The smallest absolute Gasteiger partial charge is 0.217 e. The van der Waals surface area contributed by atoms with E-state index in [2.05, 4.69) is 13.8 Å². The first-order valence-corrected chi connectivity index (χ1v) is 5.37. The number of ketones is 1. The molecule has 0 aromatic heterocycles. The lowest BCUT2D eigenvalue weighted by atomic mass is 10.1. The molecule has 0 spiro atoms. The van der Waals surface area contributed by atoms with Crippen molar-refractivity contribution in [1.29, 1.82) is 0 Å². The normalized spacial score (nSPS) is 11.3. The number of carbonyl (C=O) groups excluding carboxylic acids is 1. The van der Waals surface area contributed by atoms with E-state index in [1.54, 1.807) is 0 Å². The number of carbonyl (C=O) groups is 1. The van der Waals surface area contributed by atoms with Crippen molar-refractivity contribution < 1.29 is 14.3 Å². The van der Waals surface area contributed by atoms with Crippen molar-refractivity contribution in [1.82, 2.24) is 0 Å². The lowest BCUT2D eigenvalue weighted by Gasteiger charge is -2.15. The molecule has 0 radical (unpaired) electrons. The molecular weight excluding hydrogens is 180 g/mol. The Balaban J connectivity index is 3.88. The van der Waals surface area contributed by atoms with Gasteiger partial charge >= 0.3 is 0 Å². The molecule has 84 valence electrons. The molecule has 0 bridgehead atoms. The molecule has 3 heteroatoms. The number of ether oxygens (including phenoxy) is 2. The monoisotopic (exact) mass is 202 g/mol. The highest BCUT2D eigenvalue weighted by Gasteiger charge is 2.18. The Bertz CT molecular complexity index is 149. The van der Waals surface area contributed by atoms with Gasteiger partial charge < -0.3 is 9.47 Å². The Morgan fingerprint density at radius 3 is 2.00 bits per heavy atom. The van der Waals surface area contributed by atoms with E-state index < -0.39 is 6.29 Å². The predicted octanol–water partition coefficient (Wildman–Crippen LogP) is 2.39. The van der Waals surface area contributed by atoms with E-state index in [1.165, 1.54) is 0 Å². The highest BCUT2D eigenvalue weighted by molar-refractivity contribution is 5.81. The van der Waals surface area contributed by atoms with Crippen LogP contribution in [-0.2, 0) is 14.3 Å². The molecule has 3 nitrogen and oxygen atoms in total. The van der Waals surface area contributed by atoms with Gasteiger partial charge in [-0.3, -0.25) is 4.79 Å². The first-order chi connectivity index (χ1) is 6.61. The van der Waals surface area contributed by atoms with Gasteiger partial charge in [0.1, 0.15) is 0 Å².